The maximum Gasteiger partial charge on any atom is 0.178 e. The summed E-state index contributed by atoms with van der Waals surface area (Å²) in [6, 6.07) is 4.03. The maximum absolute atomic E-state index is 11.1. The molecule has 0 unspecified atom stereocenters. The molecule has 3 aromatic rings. The Balaban J connectivity index is 1.44. The Labute approximate surface area is 166 Å². The van der Waals surface area contributed by atoms with Gasteiger partial charge in [0.2, 0.25) is 0 Å². The van der Waals surface area contributed by atoms with Gasteiger partial charge >= 0.3 is 0 Å². The van der Waals surface area contributed by atoms with E-state index in [-0.39, 0.29) is 11.4 Å². The van der Waals surface area contributed by atoms with Gasteiger partial charge in [0.1, 0.15) is 34.1 Å². The van der Waals surface area contributed by atoms with Crippen molar-refractivity contribution in [3.63, 3.8) is 0 Å². The summed E-state index contributed by atoms with van der Waals surface area (Å²) in [5.74, 6) is 1.30. The van der Waals surface area contributed by atoms with Crippen LogP contribution in [0.5, 0.6) is 0 Å². The summed E-state index contributed by atoms with van der Waals surface area (Å²) in [6.07, 6.45) is 3.88. The smallest absolute Gasteiger partial charge is 0.178 e. The van der Waals surface area contributed by atoms with Crippen molar-refractivity contribution in [3.05, 3.63) is 34.2 Å². The van der Waals surface area contributed by atoms with E-state index in [2.05, 4.69) is 26.6 Å². The van der Waals surface area contributed by atoms with Crippen molar-refractivity contribution in [2.24, 2.45) is 5.92 Å². The topological polar surface area (TPSA) is 127 Å². The highest BCUT2D eigenvalue weighted by Gasteiger charge is 2.26. The van der Waals surface area contributed by atoms with Crippen LogP contribution in [0, 0.1) is 24.2 Å². The van der Waals surface area contributed by atoms with E-state index < -0.39 is 0 Å². The number of carbonyl (C=O) groups is 1. The van der Waals surface area contributed by atoms with Crippen LogP contribution < -0.4 is 11.1 Å². The maximum atomic E-state index is 11.1. The van der Waals surface area contributed by atoms with Gasteiger partial charge in [0.05, 0.1) is 11.4 Å². The summed E-state index contributed by atoms with van der Waals surface area (Å²) in [5, 5.41) is 21.8. The average Bonchev–Trinajstić information content (AvgIpc) is 3.20. The number of aromatic nitrogens is 5. The monoisotopic (exact) mass is 398 g/mol. The molecule has 0 aliphatic heterocycles. The molecule has 0 atom stereocenters. The van der Waals surface area contributed by atoms with Crippen molar-refractivity contribution >= 4 is 34.7 Å². The second-order valence-electron chi connectivity index (χ2n) is 6.99. The number of nitrogen functional groups attached to an aromatic ring is 1. The summed E-state index contributed by atoms with van der Waals surface area (Å²) in [7, 11) is 0. The Morgan fingerprint density at radius 2 is 2.21 bits per heavy atom. The van der Waals surface area contributed by atoms with Crippen LogP contribution >= 0.6 is 11.6 Å². The molecular formula is C18H19ClN8O. The van der Waals surface area contributed by atoms with Crippen LogP contribution in [0.2, 0.25) is 5.02 Å². The van der Waals surface area contributed by atoms with Crippen molar-refractivity contribution < 1.29 is 4.79 Å². The molecule has 144 valence electrons. The summed E-state index contributed by atoms with van der Waals surface area (Å²) in [5.41, 5.74) is 8.23. The SMILES string of the molecule is Cc1nn2c(N)c(C#N)c(NCCc3ccn(CC4CC(=O)C4)n3)nc2c1Cl. The predicted octanol–water partition coefficient (Wildman–Crippen LogP) is 1.98. The van der Waals surface area contributed by atoms with Gasteiger partial charge in [0, 0.05) is 38.5 Å². The van der Waals surface area contributed by atoms with Crippen molar-refractivity contribution in [1.82, 2.24) is 24.4 Å². The van der Waals surface area contributed by atoms with E-state index in [1.54, 1.807) is 6.92 Å². The fourth-order valence-corrected chi connectivity index (χ4v) is 3.47. The number of rotatable bonds is 6. The molecular weight excluding hydrogens is 380 g/mol. The predicted molar refractivity (Wildman–Crippen MR) is 104 cm³/mol. The van der Waals surface area contributed by atoms with Gasteiger partial charge in [-0.1, -0.05) is 11.6 Å². The first-order valence-corrected chi connectivity index (χ1v) is 9.36. The molecule has 0 amide bonds. The number of fused-ring (bicyclic) bond motifs is 1. The summed E-state index contributed by atoms with van der Waals surface area (Å²) in [6.45, 7) is 3.05. The molecule has 28 heavy (non-hydrogen) atoms. The molecule has 1 fully saturated rings. The van der Waals surface area contributed by atoms with Gasteiger partial charge in [-0.2, -0.15) is 20.0 Å². The molecule has 3 N–H and O–H groups in total. The van der Waals surface area contributed by atoms with E-state index >= 15 is 0 Å². The average molecular weight is 399 g/mol. The van der Waals surface area contributed by atoms with Crippen LogP contribution in [0.3, 0.4) is 0 Å². The highest BCUT2D eigenvalue weighted by Crippen LogP contribution is 2.27. The lowest BCUT2D eigenvalue weighted by atomic mass is 9.84. The Hall–Kier alpha value is -3.12. The van der Waals surface area contributed by atoms with E-state index in [9.17, 15) is 10.1 Å². The number of nitriles is 1. The van der Waals surface area contributed by atoms with E-state index in [4.69, 9.17) is 17.3 Å². The zero-order chi connectivity index (χ0) is 19.8. The highest BCUT2D eigenvalue weighted by atomic mass is 35.5. The number of nitrogens with one attached hydrogen (secondary N) is 1. The third-order valence-corrected chi connectivity index (χ3v) is 5.31. The summed E-state index contributed by atoms with van der Waals surface area (Å²) in [4.78, 5) is 15.5. The third-order valence-electron chi connectivity index (χ3n) is 4.86. The van der Waals surface area contributed by atoms with E-state index in [0.29, 0.717) is 59.7 Å². The van der Waals surface area contributed by atoms with Crippen LogP contribution in [0.25, 0.3) is 5.65 Å². The number of hydrogen-bond donors (Lipinski definition) is 2. The first kappa shape index (κ1) is 18.3. The van der Waals surface area contributed by atoms with Crippen LogP contribution in [-0.4, -0.2) is 36.7 Å². The molecule has 0 bridgehead atoms. The molecule has 0 aromatic carbocycles. The number of aryl methyl sites for hydroxylation is 1. The number of anilines is 2. The molecule has 9 nitrogen and oxygen atoms in total. The first-order valence-electron chi connectivity index (χ1n) is 8.98. The standard InChI is InChI=1S/C18H19ClN8O/c1-10-15(19)18-23-17(14(8-20)16(21)27(18)24-10)22-4-2-12-3-5-26(25-12)9-11-6-13(28)7-11/h3,5,11H,2,4,6-7,9,21H2,1H3,(H,22,23). The minimum atomic E-state index is 0.198. The molecule has 0 radical (unpaired) electrons. The number of nitrogens with zero attached hydrogens (tertiary/aromatic N) is 6. The lowest BCUT2D eigenvalue weighted by Gasteiger charge is -2.23. The molecule has 1 saturated carbocycles. The fourth-order valence-electron chi connectivity index (χ4n) is 3.31. The third kappa shape index (κ3) is 3.27. The van der Waals surface area contributed by atoms with Crippen LogP contribution in [-0.2, 0) is 17.8 Å². The molecule has 4 rings (SSSR count). The summed E-state index contributed by atoms with van der Waals surface area (Å²) < 4.78 is 3.26. The van der Waals surface area contributed by atoms with Gasteiger partial charge < -0.3 is 11.1 Å². The lowest BCUT2D eigenvalue weighted by molar-refractivity contribution is -0.127. The molecule has 0 spiro atoms. The number of Topliss-reactive ketones (excluding diaryl/α,β-unsaturated/α-hetero) is 1. The van der Waals surface area contributed by atoms with Gasteiger partial charge in [0.15, 0.2) is 5.65 Å². The van der Waals surface area contributed by atoms with Crippen molar-refractivity contribution in [1.29, 1.82) is 5.26 Å². The van der Waals surface area contributed by atoms with Gasteiger partial charge in [-0.3, -0.25) is 9.48 Å². The lowest BCUT2D eigenvalue weighted by Crippen LogP contribution is -2.27. The van der Waals surface area contributed by atoms with Crippen LogP contribution in [0.15, 0.2) is 12.3 Å². The van der Waals surface area contributed by atoms with E-state index in [1.807, 2.05) is 16.9 Å². The largest absolute Gasteiger partial charge is 0.382 e. The molecule has 3 aromatic heterocycles. The number of nitrogens with two attached hydrogens (primary N) is 1. The Morgan fingerprint density at radius 1 is 1.43 bits per heavy atom. The second-order valence-corrected chi connectivity index (χ2v) is 7.36. The highest BCUT2D eigenvalue weighted by molar-refractivity contribution is 6.34. The normalized spacial score (nSPS) is 14.2. The Bertz CT molecular complexity index is 1100. The number of carbonyl (C=O) groups excluding carboxylic acids is 1. The van der Waals surface area contributed by atoms with Gasteiger partial charge in [-0.15, -0.1) is 0 Å². The summed E-state index contributed by atoms with van der Waals surface area (Å²) >= 11 is 6.24. The molecule has 0 saturated heterocycles. The Kier molecular flexibility index (Phi) is 4.65. The minimum absolute atomic E-state index is 0.198. The van der Waals surface area contributed by atoms with Crippen molar-refractivity contribution in [2.75, 3.05) is 17.6 Å². The van der Waals surface area contributed by atoms with E-state index in [0.717, 1.165) is 12.2 Å². The number of halogens is 1. The fraction of sp³-hybridized carbons (Fsp3) is 0.389. The molecule has 1 aliphatic rings. The minimum Gasteiger partial charge on any atom is -0.382 e. The number of ketones is 1. The van der Waals surface area contributed by atoms with Crippen molar-refractivity contribution in [3.8, 4) is 6.07 Å². The molecule has 10 heteroatoms. The van der Waals surface area contributed by atoms with Crippen LogP contribution in [0.4, 0.5) is 11.6 Å². The zero-order valence-corrected chi connectivity index (χ0v) is 16.1. The molecule has 1 aliphatic carbocycles. The second kappa shape index (κ2) is 7.13. The van der Waals surface area contributed by atoms with Crippen molar-refractivity contribution in [2.45, 2.75) is 32.7 Å². The Morgan fingerprint density at radius 3 is 2.93 bits per heavy atom. The first-order chi connectivity index (χ1) is 13.5. The van der Waals surface area contributed by atoms with Gasteiger partial charge in [-0.05, 0) is 18.9 Å². The quantitative estimate of drug-likeness (QED) is 0.649. The van der Waals surface area contributed by atoms with Crippen LogP contribution in [0.1, 0.15) is 29.8 Å². The van der Waals surface area contributed by atoms with Gasteiger partial charge in [0.25, 0.3) is 0 Å². The molecule has 3 heterocycles. The van der Waals surface area contributed by atoms with Gasteiger partial charge in [-0.25, -0.2) is 4.98 Å². The van der Waals surface area contributed by atoms with E-state index in [1.165, 1.54) is 4.52 Å². The zero-order valence-electron chi connectivity index (χ0n) is 15.3. The number of hydrogen-bond acceptors (Lipinski definition) is 7.